The summed E-state index contributed by atoms with van der Waals surface area (Å²) < 4.78 is 0.977. The molecule has 2 rings (SSSR count). The molecule has 0 radical (unpaired) electrons. The lowest BCUT2D eigenvalue weighted by molar-refractivity contribution is -0.115. The van der Waals surface area contributed by atoms with E-state index >= 15 is 0 Å². The maximum absolute atomic E-state index is 12.0. The van der Waals surface area contributed by atoms with Gasteiger partial charge in [-0.3, -0.25) is 9.59 Å². The molecule has 6 heteroatoms. The predicted molar refractivity (Wildman–Crippen MR) is 96.7 cm³/mol. The molecule has 2 aromatic rings. The smallest absolute Gasteiger partial charge is 0.243 e. The second kappa shape index (κ2) is 7.78. The van der Waals surface area contributed by atoms with Gasteiger partial charge in [-0.25, -0.2) is 0 Å². The standard InChI is InChI=1S/C17H18BrN3O2/c1-11-9-13(18)3-8-16(11)21-17(23)10-19-14-4-6-15(7-5-14)20-12(2)22/h3-9,19H,10H2,1-2H3,(H,20,22)(H,21,23). The summed E-state index contributed by atoms with van der Waals surface area (Å²) in [5, 5.41) is 8.60. The highest BCUT2D eigenvalue weighted by atomic mass is 79.9. The number of hydrogen-bond donors (Lipinski definition) is 3. The average Bonchev–Trinajstić information content (AvgIpc) is 2.49. The average molecular weight is 376 g/mol. The van der Waals surface area contributed by atoms with Gasteiger partial charge >= 0.3 is 0 Å². The van der Waals surface area contributed by atoms with Crippen LogP contribution in [0.4, 0.5) is 17.1 Å². The zero-order valence-corrected chi connectivity index (χ0v) is 14.5. The van der Waals surface area contributed by atoms with Crippen molar-refractivity contribution in [1.82, 2.24) is 0 Å². The van der Waals surface area contributed by atoms with Gasteiger partial charge in [-0.2, -0.15) is 0 Å². The summed E-state index contributed by atoms with van der Waals surface area (Å²) in [6.07, 6.45) is 0. The molecule has 0 bridgehead atoms. The van der Waals surface area contributed by atoms with Crippen molar-refractivity contribution < 1.29 is 9.59 Å². The van der Waals surface area contributed by atoms with Crippen molar-refractivity contribution in [2.75, 3.05) is 22.5 Å². The number of hydrogen-bond acceptors (Lipinski definition) is 3. The summed E-state index contributed by atoms with van der Waals surface area (Å²) >= 11 is 3.39. The van der Waals surface area contributed by atoms with E-state index in [0.717, 1.165) is 27.1 Å². The molecule has 23 heavy (non-hydrogen) atoms. The van der Waals surface area contributed by atoms with Crippen LogP contribution in [-0.2, 0) is 9.59 Å². The number of amides is 2. The van der Waals surface area contributed by atoms with Gasteiger partial charge in [-0.15, -0.1) is 0 Å². The van der Waals surface area contributed by atoms with Crippen LogP contribution in [0.2, 0.25) is 0 Å². The Balaban J connectivity index is 1.87. The van der Waals surface area contributed by atoms with Gasteiger partial charge in [0.1, 0.15) is 0 Å². The number of halogens is 1. The Labute approximate surface area is 143 Å². The minimum atomic E-state index is -0.124. The van der Waals surface area contributed by atoms with Crippen molar-refractivity contribution in [2.45, 2.75) is 13.8 Å². The minimum absolute atomic E-state index is 0.116. The Bertz CT molecular complexity index is 714. The van der Waals surface area contributed by atoms with E-state index < -0.39 is 0 Å². The number of benzene rings is 2. The molecule has 0 saturated carbocycles. The van der Waals surface area contributed by atoms with Crippen molar-refractivity contribution in [3.8, 4) is 0 Å². The quantitative estimate of drug-likeness (QED) is 0.744. The summed E-state index contributed by atoms with van der Waals surface area (Å²) in [5.74, 6) is -0.240. The Hall–Kier alpha value is -2.34. The summed E-state index contributed by atoms with van der Waals surface area (Å²) in [5.41, 5.74) is 3.31. The molecule has 2 amide bonds. The Morgan fingerprint density at radius 1 is 1.00 bits per heavy atom. The molecule has 120 valence electrons. The number of carbonyl (C=O) groups excluding carboxylic acids is 2. The van der Waals surface area contributed by atoms with Gasteiger partial charge in [0.2, 0.25) is 11.8 Å². The first kappa shape index (κ1) is 17.0. The number of carbonyl (C=O) groups is 2. The minimum Gasteiger partial charge on any atom is -0.376 e. The highest BCUT2D eigenvalue weighted by Gasteiger charge is 2.05. The van der Waals surface area contributed by atoms with Crippen molar-refractivity contribution in [2.24, 2.45) is 0 Å². The molecule has 0 fully saturated rings. The molecular formula is C17H18BrN3O2. The molecule has 0 aliphatic heterocycles. The number of rotatable bonds is 5. The van der Waals surface area contributed by atoms with Crippen LogP contribution in [0.25, 0.3) is 0 Å². The third kappa shape index (κ3) is 5.41. The molecule has 2 aromatic carbocycles. The van der Waals surface area contributed by atoms with Gasteiger partial charge in [-0.1, -0.05) is 15.9 Å². The fourth-order valence-corrected chi connectivity index (χ4v) is 2.49. The van der Waals surface area contributed by atoms with Crippen molar-refractivity contribution in [3.63, 3.8) is 0 Å². The van der Waals surface area contributed by atoms with Crippen molar-refractivity contribution >= 4 is 44.8 Å². The van der Waals surface area contributed by atoms with Crippen LogP contribution in [0.5, 0.6) is 0 Å². The van der Waals surface area contributed by atoms with Crippen LogP contribution in [0.1, 0.15) is 12.5 Å². The van der Waals surface area contributed by atoms with E-state index in [-0.39, 0.29) is 18.4 Å². The number of anilines is 3. The van der Waals surface area contributed by atoms with E-state index in [9.17, 15) is 9.59 Å². The zero-order valence-electron chi connectivity index (χ0n) is 12.9. The van der Waals surface area contributed by atoms with E-state index in [1.54, 1.807) is 12.1 Å². The Morgan fingerprint density at radius 3 is 2.26 bits per heavy atom. The van der Waals surface area contributed by atoms with Crippen LogP contribution >= 0.6 is 15.9 Å². The van der Waals surface area contributed by atoms with Gasteiger partial charge < -0.3 is 16.0 Å². The molecule has 0 heterocycles. The summed E-state index contributed by atoms with van der Waals surface area (Å²) in [7, 11) is 0. The van der Waals surface area contributed by atoms with Gasteiger partial charge in [0.25, 0.3) is 0 Å². The van der Waals surface area contributed by atoms with E-state index in [1.165, 1.54) is 6.92 Å². The van der Waals surface area contributed by atoms with E-state index in [2.05, 4.69) is 31.9 Å². The third-order valence-electron chi connectivity index (χ3n) is 3.12. The molecule has 0 aromatic heterocycles. The molecule has 0 atom stereocenters. The maximum atomic E-state index is 12.0. The highest BCUT2D eigenvalue weighted by Crippen LogP contribution is 2.20. The van der Waals surface area contributed by atoms with Crippen molar-refractivity contribution in [1.29, 1.82) is 0 Å². The molecule has 0 aliphatic rings. The summed E-state index contributed by atoms with van der Waals surface area (Å²) in [6, 6.07) is 12.9. The lowest BCUT2D eigenvalue weighted by Gasteiger charge is -2.10. The molecule has 5 nitrogen and oxygen atoms in total. The monoisotopic (exact) mass is 375 g/mol. The van der Waals surface area contributed by atoms with Gasteiger partial charge in [0, 0.05) is 28.5 Å². The third-order valence-corrected chi connectivity index (χ3v) is 3.61. The molecule has 0 aliphatic carbocycles. The van der Waals surface area contributed by atoms with Crippen LogP contribution in [-0.4, -0.2) is 18.4 Å². The van der Waals surface area contributed by atoms with E-state index in [4.69, 9.17) is 0 Å². The summed E-state index contributed by atoms with van der Waals surface area (Å²) in [6.45, 7) is 3.56. The molecule has 0 spiro atoms. The lowest BCUT2D eigenvalue weighted by Crippen LogP contribution is -2.22. The first-order valence-electron chi connectivity index (χ1n) is 7.11. The number of nitrogens with one attached hydrogen (secondary N) is 3. The second-order valence-electron chi connectivity index (χ2n) is 5.12. The highest BCUT2D eigenvalue weighted by molar-refractivity contribution is 9.10. The molecular weight excluding hydrogens is 358 g/mol. The molecule has 0 unspecified atom stereocenters. The zero-order chi connectivity index (χ0) is 16.8. The first-order valence-corrected chi connectivity index (χ1v) is 7.91. The fourth-order valence-electron chi connectivity index (χ4n) is 2.02. The Kier molecular flexibility index (Phi) is 5.76. The molecule has 0 saturated heterocycles. The van der Waals surface area contributed by atoms with E-state index in [0.29, 0.717) is 0 Å². The van der Waals surface area contributed by atoms with E-state index in [1.807, 2.05) is 37.3 Å². The topological polar surface area (TPSA) is 70.2 Å². The van der Waals surface area contributed by atoms with Crippen LogP contribution < -0.4 is 16.0 Å². The second-order valence-corrected chi connectivity index (χ2v) is 6.04. The van der Waals surface area contributed by atoms with Crippen molar-refractivity contribution in [3.05, 3.63) is 52.5 Å². The van der Waals surface area contributed by atoms with Gasteiger partial charge in [0.05, 0.1) is 6.54 Å². The Morgan fingerprint density at radius 2 is 1.65 bits per heavy atom. The summed E-state index contributed by atoms with van der Waals surface area (Å²) in [4.78, 5) is 22.9. The van der Waals surface area contributed by atoms with Gasteiger partial charge in [-0.05, 0) is 55.0 Å². The largest absolute Gasteiger partial charge is 0.376 e. The number of aryl methyl sites for hydroxylation is 1. The SMILES string of the molecule is CC(=O)Nc1ccc(NCC(=O)Nc2ccc(Br)cc2C)cc1. The van der Waals surface area contributed by atoms with Crippen LogP contribution in [0.15, 0.2) is 46.9 Å². The fraction of sp³-hybridized carbons (Fsp3) is 0.176. The first-order chi connectivity index (χ1) is 10.9. The normalized spacial score (nSPS) is 10.0. The lowest BCUT2D eigenvalue weighted by atomic mass is 10.2. The molecule has 3 N–H and O–H groups in total. The van der Waals surface area contributed by atoms with Crippen LogP contribution in [0, 0.1) is 6.92 Å². The maximum Gasteiger partial charge on any atom is 0.243 e. The van der Waals surface area contributed by atoms with Crippen LogP contribution in [0.3, 0.4) is 0 Å². The predicted octanol–water partition coefficient (Wildman–Crippen LogP) is 3.77. The van der Waals surface area contributed by atoms with Gasteiger partial charge in [0.15, 0.2) is 0 Å².